The van der Waals surface area contributed by atoms with Crippen LogP contribution in [0.5, 0.6) is 0 Å². The number of amides is 2. The summed E-state index contributed by atoms with van der Waals surface area (Å²) >= 11 is 1.22. The molecule has 2 amide bonds. The average molecular weight is 602 g/mol. The number of para-hydroxylation sites is 1. The topological polar surface area (TPSA) is 87.2 Å². The highest BCUT2D eigenvalue weighted by Crippen LogP contribution is 2.65. The van der Waals surface area contributed by atoms with Crippen molar-refractivity contribution in [1.29, 1.82) is 0 Å². The number of piperazine rings is 1. The highest BCUT2D eigenvalue weighted by atomic mass is 32.2. The number of likely N-dealkylation sites (N-methyl/N-ethyl adjacent to an activating group) is 1. The first-order valence-electron chi connectivity index (χ1n) is 13.9. The Labute approximate surface area is 250 Å². The smallest absolute Gasteiger partial charge is 0.266 e. The molecule has 0 unspecified atom stereocenters. The number of benzene rings is 3. The van der Waals surface area contributed by atoms with E-state index < -0.39 is 32.5 Å². The number of nitrogens with zero attached hydrogens (tertiary/aromatic N) is 3. The van der Waals surface area contributed by atoms with Crippen molar-refractivity contribution < 1.29 is 22.7 Å². The number of fused-ring (bicyclic) bond motifs is 6. The number of carbonyl (C=O) groups excluding carboxylic acids is 2. The minimum atomic E-state index is -4.16. The number of hydrogen-bond acceptors (Lipinski definition) is 6. The minimum Gasteiger partial charge on any atom is -0.374 e. The molecule has 0 spiro atoms. The first kappa shape index (κ1) is 27.2. The van der Waals surface area contributed by atoms with Crippen molar-refractivity contribution in [3.8, 4) is 0 Å². The Kier molecular flexibility index (Phi) is 6.13. The number of anilines is 1. The highest BCUT2D eigenvalue weighted by molar-refractivity contribution is 8.00. The van der Waals surface area contributed by atoms with Crippen LogP contribution in [-0.2, 0) is 36.2 Å². The molecule has 0 N–H and O–H groups in total. The first-order valence-corrected chi connectivity index (χ1v) is 16.4. The van der Waals surface area contributed by atoms with E-state index in [0.29, 0.717) is 12.1 Å². The van der Waals surface area contributed by atoms with Crippen LogP contribution < -0.4 is 4.31 Å². The molecule has 8 nitrogen and oxygen atoms in total. The molecule has 2 saturated heterocycles. The second kappa shape index (κ2) is 9.45. The van der Waals surface area contributed by atoms with Gasteiger partial charge in [-0.05, 0) is 60.2 Å². The fraction of sp³-hybridized carbons (Fsp3) is 0.312. The summed E-state index contributed by atoms with van der Waals surface area (Å²) in [5, 5.41) is -0.851. The minimum absolute atomic E-state index is 0.128. The van der Waals surface area contributed by atoms with Gasteiger partial charge in [0.15, 0.2) is 5.37 Å². The van der Waals surface area contributed by atoms with Crippen LogP contribution in [0.3, 0.4) is 0 Å². The molecule has 0 radical (unpaired) electrons. The van der Waals surface area contributed by atoms with E-state index in [2.05, 4.69) is 18.2 Å². The van der Waals surface area contributed by atoms with Gasteiger partial charge in [0.1, 0.15) is 11.7 Å². The molecule has 3 aliphatic heterocycles. The van der Waals surface area contributed by atoms with Crippen LogP contribution in [0, 0.1) is 0 Å². The van der Waals surface area contributed by atoms with Crippen molar-refractivity contribution in [1.82, 2.24) is 9.80 Å². The summed E-state index contributed by atoms with van der Waals surface area (Å²) in [6.45, 7) is 1.79. The standard InChI is InChI=1S/C32H31N3O5S2/c1-31-19-32(24-18-17-21-11-7-8-14-23(21)24)25-15-9-10-16-26(25)35(42(38,39)22-12-5-4-6-13-22)29(32)34(31)27(36)28(41-20-40-3)33(2)30(31)37/h4-16,18,28-29H,17,19-20H2,1-3H3/t28-,29-,31+,32-/m0/s1. The van der Waals surface area contributed by atoms with E-state index in [1.807, 2.05) is 36.4 Å². The first-order chi connectivity index (χ1) is 20.2. The molecule has 42 heavy (non-hydrogen) atoms. The summed E-state index contributed by atoms with van der Waals surface area (Å²) in [4.78, 5) is 32.1. The molecule has 4 atom stereocenters. The Balaban J connectivity index is 1.53. The van der Waals surface area contributed by atoms with E-state index in [-0.39, 0.29) is 29.1 Å². The van der Waals surface area contributed by atoms with Crippen molar-refractivity contribution in [3.63, 3.8) is 0 Å². The molecule has 7 rings (SSSR count). The molecular formula is C32H31N3O5S2. The Bertz CT molecular complexity index is 1760. The van der Waals surface area contributed by atoms with E-state index in [9.17, 15) is 18.0 Å². The van der Waals surface area contributed by atoms with Crippen LogP contribution >= 0.6 is 11.8 Å². The quantitative estimate of drug-likeness (QED) is 0.393. The molecule has 4 aliphatic rings. The number of hydrogen-bond donors (Lipinski definition) is 0. The molecule has 0 aromatic heterocycles. The van der Waals surface area contributed by atoms with Gasteiger partial charge in [0.2, 0.25) is 5.91 Å². The van der Waals surface area contributed by atoms with Gasteiger partial charge in [-0.25, -0.2) is 12.7 Å². The van der Waals surface area contributed by atoms with E-state index in [0.717, 1.165) is 22.3 Å². The number of methoxy groups -OCH3 is 1. The number of sulfonamides is 1. The molecule has 3 aromatic rings. The fourth-order valence-corrected chi connectivity index (χ4v) is 10.1. The second-order valence-corrected chi connectivity index (χ2v) is 14.3. The average Bonchev–Trinajstić information content (AvgIpc) is 3.63. The summed E-state index contributed by atoms with van der Waals surface area (Å²) in [6, 6.07) is 23.9. The van der Waals surface area contributed by atoms with Crippen LogP contribution in [-0.4, -0.2) is 67.2 Å². The summed E-state index contributed by atoms with van der Waals surface area (Å²) < 4.78 is 36.0. The Morgan fingerprint density at radius 2 is 1.67 bits per heavy atom. The van der Waals surface area contributed by atoms with E-state index >= 15 is 0 Å². The van der Waals surface area contributed by atoms with Gasteiger partial charge in [-0.3, -0.25) is 9.59 Å². The largest absolute Gasteiger partial charge is 0.374 e. The molecular weight excluding hydrogens is 571 g/mol. The van der Waals surface area contributed by atoms with Crippen molar-refractivity contribution in [2.75, 3.05) is 24.4 Å². The van der Waals surface area contributed by atoms with Gasteiger partial charge >= 0.3 is 0 Å². The Morgan fingerprint density at radius 1 is 0.976 bits per heavy atom. The Hall–Kier alpha value is -3.60. The van der Waals surface area contributed by atoms with E-state index in [1.54, 1.807) is 56.3 Å². The summed E-state index contributed by atoms with van der Waals surface area (Å²) in [6.07, 6.45) is 2.11. The monoisotopic (exact) mass is 601 g/mol. The molecule has 2 fully saturated rings. The molecule has 3 aromatic carbocycles. The van der Waals surface area contributed by atoms with Crippen molar-refractivity contribution in [3.05, 3.63) is 102 Å². The lowest BCUT2D eigenvalue weighted by Gasteiger charge is -2.49. The van der Waals surface area contributed by atoms with Gasteiger partial charge in [-0.1, -0.05) is 78.5 Å². The zero-order valence-electron chi connectivity index (χ0n) is 23.6. The Morgan fingerprint density at radius 3 is 2.43 bits per heavy atom. The van der Waals surface area contributed by atoms with Crippen LogP contribution in [0.2, 0.25) is 0 Å². The SMILES string of the molecule is COCS[C@H]1C(=O)N2[C@H]3N(S(=O)(=O)c4ccccc4)c4ccccc4[C@@]3(C3=CCc4ccccc43)C[C@]2(C)C(=O)N1C. The van der Waals surface area contributed by atoms with Gasteiger partial charge in [0.05, 0.1) is 21.9 Å². The summed E-state index contributed by atoms with van der Waals surface area (Å²) in [5.74, 6) is -0.313. The molecule has 1 aliphatic carbocycles. The van der Waals surface area contributed by atoms with Crippen LogP contribution in [0.1, 0.15) is 30.0 Å². The maximum Gasteiger partial charge on any atom is 0.266 e. The number of ether oxygens (including phenoxy) is 1. The van der Waals surface area contributed by atoms with Crippen LogP contribution in [0.25, 0.3) is 5.57 Å². The number of thioether (sulfide) groups is 1. The van der Waals surface area contributed by atoms with E-state index in [1.165, 1.54) is 21.0 Å². The van der Waals surface area contributed by atoms with Crippen molar-refractivity contribution in [2.45, 2.75) is 47.2 Å². The maximum atomic E-state index is 14.7. The van der Waals surface area contributed by atoms with Crippen molar-refractivity contribution >= 4 is 44.9 Å². The van der Waals surface area contributed by atoms with Crippen LogP contribution in [0.4, 0.5) is 5.69 Å². The molecule has 0 bridgehead atoms. The lowest BCUT2D eigenvalue weighted by Crippen LogP contribution is -2.70. The van der Waals surface area contributed by atoms with Crippen LogP contribution in [0.15, 0.2) is 89.8 Å². The number of allylic oxidation sites excluding steroid dienone is 1. The maximum absolute atomic E-state index is 14.7. The van der Waals surface area contributed by atoms with E-state index in [4.69, 9.17) is 4.74 Å². The van der Waals surface area contributed by atoms with Gasteiger partial charge in [0.25, 0.3) is 15.9 Å². The zero-order chi connectivity index (χ0) is 29.4. The number of carbonyl (C=O) groups is 2. The third kappa shape index (κ3) is 3.43. The predicted octanol–water partition coefficient (Wildman–Crippen LogP) is 4.23. The second-order valence-electron chi connectivity index (χ2n) is 11.5. The highest BCUT2D eigenvalue weighted by Gasteiger charge is 2.73. The zero-order valence-corrected chi connectivity index (χ0v) is 25.2. The fourth-order valence-electron chi connectivity index (χ4n) is 7.60. The molecule has 3 heterocycles. The molecule has 10 heteroatoms. The van der Waals surface area contributed by atoms with Gasteiger partial charge < -0.3 is 14.5 Å². The summed E-state index contributed by atoms with van der Waals surface area (Å²) in [7, 11) is -0.975. The van der Waals surface area contributed by atoms with Gasteiger partial charge in [0, 0.05) is 14.2 Å². The van der Waals surface area contributed by atoms with Gasteiger partial charge in [-0.2, -0.15) is 0 Å². The van der Waals surface area contributed by atoms with Crippen molar-refractivity contribution in [2.24, 2.45) is 0 Å². The molecule has 216 valence electrons. The third-order valence-corrected chi connectivity index (χ3v) is 12.2. The molecule has 0 saturated carbocycles. The summed E-state index contributed by atoms with van der Waals surface area (Å²) in [5.41, 5.74) is 2.20. The third-order valence-electron chi connectivity index (χ3n) is 9.22. The predicted molar refractivity (Wildman–Crippen MR) is 162 cm³/mol. The lowest BCUT2D eigenvalue weighted by molar-refractivity contribution is -0.162. The lowest BCUT2D eigenvalue weighted by atomic mass is 9.68. The normalized spacial score (nSPS) is 28.0. The number of rotatable bonds is 6. The van der Waals surface area contributed by atoms with Gasteiger partial charge in [-0.15, -0.1) is 0 Å².